The van der Waals surface area contributed by atoms with Crippen LogP contribution in [0.25, 0.3) is 44.2 Å². The van der Waals surface area contributed by atoms with Crippen LogP contribution in [0.4, 0.5) is 0 Å². The Bertz CT molecular complexity index is 1270. The Kier molecular flexibility index (Phi) is 2.92. The molecule has 0 bridgehead atoms. The molecule has 2 aromatic carbocycles. The number of hydrogen-bond donors (Lipinski definition) is 0. The van der Waals surface area contributed by atoms with Crippen LogP contribution >= 0.6 is 0 Å². The third-order valence-electron chi connectivity index (χ3n) is 4.85. The van der Waals surface area contributed by atoms with Crippen molar-refractivity contribution in [1.29, 1.82) is 0 Å². The number of nitrogens with zero attached hydrogens (tertiary/aromatic N) is 2. The molecule has 0 N–H and O–H groups in total. The molecule has 3 heterocycles. The minimum atomic E-state index is 0.690. The molecule has 0 atom stereocenters. The molecular weight excluding hydrogens is 308 g/mol. The first-order valence-corrected chi connectivity index (χ1v) is 8.39. The van der Waals surface area contributed by atoms with Crippen LogP contribution in [0.3, 0.4) is 0 Å². The number of fused-ring (bicyclic) bond motifs is 4. The third-order valence-corrected chi connectivity index (χ3v) is 4.85. The highest BCUT2D eigenvalue weighted by molar-refractivity contribution is 6.12. The second-order valence-corrected chi connectivity index (χ2v) is 6.47. The zero-order valence-corrected chi connectivity index (χ0v) is 14.2. The maximum Gasteiger partial charge on any atom is 0.228 e. The quantitative estimate of drug-likeness (QED) is 0.409. The molecule has 25 heavy (non-hydrogen) atoms. The van der Waals surface area contributed by atoms with Crippen LogP contribution in [-0.2, 0) is 7.05 Å². The van der Waals surface area contributed by atoms with E-state index in [1.807, 2.05) is 30.5 Å². The van der Waals surface area contributed by atoms with Gasteiger partial charge in [-0.3, -0.25) is 0 Å². The van der Waals surface area contributed by atoms with E-state index in [0.29, 0.717) is 5.71 Å². The van der Waals surface area contributed by atoms with E-state index in [4.69, 9.17) is 9.40 Å². The van der Waals surface area contributed by atoms with Crippen LogP contribution in [0.2, 0.25) is 0 Å². The number of aryl methyl sites for hydroxylation is 2. The fourth-order valence-electron chi connectivity index (χ4n) is 3.60. The lowest BCUT2D eigenvalue weighted by Crippen LogP contribution is -2.30. The van der Waals surface area contributed by atoms with Gasteiger partial charge in [0.1, 0.15) is 18.0 Å². The summed E-state index contributed by atoms with van der Waals surface area (Å²) in [7, 11) is 2.08. The molecule has 5 rings (SSSR count). The Labute approximate surface area is 145 Å². The van der Waals surface area contributed by atoms with E-state index >= 15 is 0 Å². The molecule has 0 saturated heterocycles. The molecule has 0 spiro atoms. The van der Waals surface area contributed by atoms with Crippen molar-refractivity contribution in [2.75, 3.05) is 0 Å². The van der Waals surface area contributed by atoms with Gasteiger partial charge < -0.3 is 4.42 Å². The molecule has 0 aliphatic rings. The lowest BCUT2D eigenvalue weighted by molar-refractivity contribution is -0.659. The summed E-state index contributed by atoms with van der Waals surface area (Å²) in [5, 5.41) is 3.30. The number of pyridine rings is 2. The first-order chi connectivity index (χ1) is 12.2. The monoisotopic (exact) mass is 325 g/mol. The average molecular weight is 325 g/mol. The third kappa shape index (κ3) is 2.06. The highest BCUT2D eigenvalue weighted by Gasteiger charge is 2.22. The van der Waals surface area contributed by atoms with E-state index < -0.39 is 0 Å². The molecule has 0 radical (unpaired) electrons. The molecule has 0 aliphatic heterocycles. The van der Waals surface area contributed by atoms with Crippen molar-refractivity contribution >= 4 is 33.0 Å². The SMILES string of the molecule is Cc1ccccc1-c1c2c(cc[n+]1C)oc1nc3ccccc3cc12. The summed E-state index contributed by atoms with van der Waals surface area (Å²) in [4.78, 5) is 4.73. The molecule has 5 aromatic rings. The standard InChI is InChI=1S/C22H17N2O/c1-14-7-3-5-9-16(14)21-20-17-13-15-8-4-6-10-18(15)23-22(17)25-19(20)11-12-24(21)2/h3-13H,1-2H3/q+1. The van der Waals surface area contributed by atoms with Gasteiger partial charge in [-0.25, -0.2) is 9.55 Å². The van der Waals surface area contributed by atoms with Crippen molar-refractivity contribution in [2.45, 2.75) is 6.92 Å². The maximum absolute atomic E-state index is 6.09. The van der Waals surface area contributed by atoms with E-state index in [0.717, 1.165) is 33.0 Å². The molecule has 3 aromatic heterocycles. The van der Waals surface area contributed by atoms with E-state index in [-0.39, 0.29) is 0 Å². The molecule has 120 valence electrons. The largest absolute Gasteiger partial charge is 0.437 e. The van der Waals surface area contributed by atoms with Gasteiger partial charge in [0, 0.05) is 17.0 Å². The van der Waals surface area contributed by atoms with Gasteiger partial charge in [0.05, 0.1) is 10.9 Å². The molecule has 0 aliphatic carbocycles. The zero-order valence-electron chi connectivity index (χ0n) is 14.2. The molecule has 0 amide bonds. The number of furan rings is 1. The van der Waals surface area contributed by atoms with Crippen molar-refractivity contribution in [3.05, 3.63) is 72.4 Å². The Hall–Kier alpha value is -3.20. The Morgan fingerprint density at radius 2 is 1.76 bits per heavy atom. The number of benzene rings is 2. The van der Waals surface area contributed by atoms with Gasteiger partial charge >= 0.3 is 0 Å². The lowest BCUT2D eigenvalue weighted by atomic mass is 10.0. The fourth-order valence-corrected chi connectivity index (χ4v) is 3.60. The predicted molar refractivity (Wildman–Crippen MR) is 100 cm³/mol. The summed E-state index contributed by atoms with van der Waals surface area (Å²) in [6.45, 7) is 2.14. The van der Waals surface area contributed by atoms with Crippen LogP contribution in [0, 0.1) is 6.92 Å². The summed E-state index contributed by atoms with van der Waals surface area (Å²) >= 11 is 0. The van der Waals surface area contributed by atoms with Crippen LogP contribution in [0.15, 0.2) is 71.3 Å². The second kappa shape index (κ2) is 5.15. The predicted octanol–water partition coefficient (Wildman–Crippen LogP) is 4.93. The van der Waals surface area contributed by atoms with E-state index in [1.165, 1.54) is 11.1 Å². The van der Waals surface area contributed by atoms with E-state index in [9.17, 15) is 0 Å². The average Bonchev–Trinajstić information content (AvgIpc) is 2.98. The van der Waals surface area contributed by atoms with Crippen molar-refractivity contribution in [3.63, 3.8) is 0 Å². The van der Waals surface area contributed by atoms with Gasteiger partial charge in [0.2, 0.25) is 11.4 Å². The van der Waals surface area contributed by atoms with Crippen LogP contribution in [-0.4, -0.2) is 4.98 Å². The molecule has 0 unspecified atom stereocenters. The van der Waals surface area contributed by atoms with E-state index in [1.54, 1.807) is 0 Å². The summed E-state index contributed by atoms with van der Waals surface area (Å²) in [6.07, 6.45) is 2.05. The second-order valence-electron chi connectivity index (χ2n) is 6.47. The minimum Gasteiger partial charge on any atom is -0.437 e. The Morgan fingerprint density at radius 1 is 0.960 bits per heavy atom. The number of aromatic nitrogens is 2. The van der Waals surface area contributed by atoms with Crippen molar-refractivity contribution in [3.8, 4) is 11.3 Å². The number of para-hydroxylation sites is 1. The number of hydrogen-bond acceptors (Lipinski definition) is 2. The van der Waals surface area contributed by atoms with Crippen molar-refractivity contribution in [2.24, 2.45) is 7.05 Å². The van der Waals surface area contributed by atoms with Gasteiger partial charge in [0.15, 0.2) is 6.20 Å². The normalized spacial score (nSPS) is 11.6. The topological polar surface area (TPSA) is 29.9 Å². The van der Waals surface area contributed by atoms with Gasteiger partial charge in [-0.2, -0.15) is 0 Å². The number of rotatable bonds is 1. The first kappa shape index (κ1) is 14.2. The Balaban J connectivity index is 1.99. The van der Waals surface area contributed by atoms with Crippen LogP contribution < -0.4 is 4.57 Å². The summed E-state index contributed by atoms with van der Waals surface area (Å²) in [5.41, 5.74) is 6.13. The summed E-state index contributed by atoms with van der Waals surface area (Å²) < 4.78 is 8.25. The maximum atomic E-state index is 6.09. The van der Waals surface area contributed by atoms with Crippen LogP contribution in [0.5, 0.6) is 0 Å². The highest BCUT2D eigenvalue weighted by atomic mass is 16.3. The molecule has 0 fully saturated rings. The molecule has 3 heteroatoms. The lowest BCUT2D eigenvalue weighted by Gasteiger charge is -2.05. The van der Waals surface area contributed by atoms with Gasteiger partial charge in [-0.15, -0.1) is 0 Å². The van der Waals surface area contributed by atoms with Gasteiger partial charge in [-0.1, -0.05) is 36.4 Å². The van der Waals surface area contributed by atoms with Gasteiger partial charge in [-0.05, 0) is 30.7 Å². The molecule has 0 saturated carbocycles. The zero-order chi connectivity index (χ0) is 17.0. The van der Waals surface area contributed by atoms with E-state index in [2.05, 4.69) is 54.9 Å². The van der Waals surface area contributed by atoms with Crippen molar-refractivity contribution < 1.29 is 8.98 Å². The fraction of sp³-hybridized carbons (Fsp3) is 0.0909. The smallest absolute Gasteiger partial charge is 0.228 e. The Morgan fingerprint density at radius 3 is 2.64 bits per heavy atom. The first-order valence-electron chi connectivity index (χ1n) is 8.39. The van der Waals surface area contributed by atoms with Crippen molar-refractivity contribution in [1.82, 2.24) is 4.98 Å². The van der Waals surface area contributed by atoms with Gasteiger partial charge in [0.25, 0.3) is 0 Å². The minimum absolute atomic E-state index is 0.690. The summed E-state index contributed by atoms with van der Waals surface area (Å²) in [5.74, 6) is 0. The molecule has 3 nitrogen and oxygen atoms in total. The molecular formula is C22H17N2O+. The van der Waals surface area contributed by atoms with Crippen LogP contribution in [0.1, 0.15) is 5.56 Å². The highest BCUT2D eigenvalue weighted by Crippen LogP contribution is 2.35. The summed E-state index contributed by atoms with van der Waals surface area (Å²) in [6, 6.07) is 20.8.